The van der Waals surface area contributed by atoms with Crippen molar-refractivity contribution in [3.05, 3.63) is 0 Å². The molecule has 1 aliphatic heterocycles. The van der Waals surface area contributed by atoms with Gasteiger partial charge in [-0.1, -0.05) is 12.8 Å². The molecule has 98 valence electrons. The van der Waals surface area contributed by atoms with Crippen LogP contribution in [0.5, 0.6) is 0 Å². The normalized spacial score (nSPS) is 34.8. The molecule has 1 amide bonds. The summed E-state index contributed by atoms with van der Waals surface area (Å²) in [4.78, 5) is 13.3. The van der Waals surface area contributed by atoms with Crippen LogP contribution in [0.1, 0.15) is 39.5 Å². The Morgan fingerprint density at radius 1 is 1.24 bits per heavy atom. The summed E-state index contributed by atoms with van der Waals surface area (Å²) in [6.07, 6.45) is 5.40. The van der Waals surface area contributed by atoms with E-state index in [0.29, 0.717) is 12.6 Å². The molecule has 4 nitrogen and oxygen atoms in total. The van der Waals surface area contributed by atoms with Crippen LogP contribution >= 0.6 is 0 Å². The van der Waals surface area contributed by atoms with Gasteiger partial charge in [0, 0.05) is 6.04 Å². The third kappa shape index (κ3) is 3.96. The minimum atomic E-state index is 0.216. The van der Waals surface area contributed by atoms with Crippen LogP contribution < -0.4 is 10.2 Å². The number of carbonyl (C=O) groups excluding carboxylic acids is 1. The van der Waals surface area contributed by atoms with E-state index in [1.807, 2.05) is 0 Å². The van der Waals surface area contributed by atoms with Crippen LogP contribution in [-0.4, -0.2) is 43.8 Å². The van der Waals surface area contributed by atoms with Crippen molar-refractivity contribution in [1.29, 1.82) is 0 Å². The van der Waals surface area contributed by atoms with E-state index < -0.39 is 0 Å². The van der Waals surface area contributed by atoms with Crippen LogP contribution in [0.3, 0.4) is 0 Å². The molecule has 0 radical (unpaired) electrons. The largest absolute Gasteiger partial charge is 0.364 e. The van der Waals surface area contributed by atoms with Crippen LogP contribution in [0.2, 0.25) is 0 Å². The zero-order valence-electron chi connectivity index (χ0n) is 11.0. The van der Waals surface area contributed by atoms with E-state index in [1.165, 1.54) is 17.7 Å². The lowest BCUT2D eigenvalue weighted by atomic mass is 10.2. The van der Waals surface area contributed by atoms with Crippen molar-refractivity contribution in [2.75, 3.05) is 19.6 Å². The summed E-state index contributed by atoms with van der Waals surface area (Å²) in [5.41, 5.74) is 0. The second-order valence-corrected chi connectivity index (χ2v) is 5.64. The summed E-state index contributed by atoms with van der Waals surface area (Å²) in [6.45, 7) is 6.68. The maximum atomic E-state index is 11.9. The van der Waals surface area contributed by atoms with Crippen LogP contribution in [0.15, 0.2) is 0 Å². The number of carbonyl (C=O) groups is 1. The Morgan fingerprint density at radius 3 is 2.41 bits per heavy atom. The number of amides is 1. The van der Waals surface area contributed by atoms with Gasteiger partial charge in [-0.2, -0.15) is 0 Å². The third-order valence-corrected chi connectivity index (χ3v) is 3.75. The molecule has 1 saturated heterocycles. The monoisotopic (exact) mass is 241 g/mol. The second kappa shape index (κ2) is 5.83. The van der Waals surface area contributed by atoms with Gasteiger partial charge in [-0.05, 0) is 26.7 Å². The summed E-state index contributed by atoms with van der Waals surface area (Å²) in [7, 11) is 0. The van der Waals surface area contributed by atoms with E-state index in [2.05, 4.69) is 19.2 Å². The van der Waals surface area contributed by atoms with E-state index in [0.717, 1.165) is 25.9 Å². The molecule has 4 heteroatoms. The lowest BCUT2D eigenvalue weighted by molar-refractivity contribution is -0.907. The second-order valence-electron chi connectivity index (χ2n) is 5.64. The van der Waals surface area contributed by atoms with Gasteiger partial charge < -0.3 is 15.0 Å². The van der Waals surface area contributed by atoms with E-state index in [9.17, 15) is 4.79 Å². The molecule has 0 aromatic rings. The first-order valence-electron chi connectivity index (χ1n) is 6.92. The van der Waals surface area contributed by atoms with Gasteiger partial charge in [-0.25, -0.2) is 0 Å². The highest BCUT2D eigenvalue weighted by Crippen LogP contribution is 2.17. The molecule has 1 unspecified atom stereocenters. The lowest BCUT2D eigenvalue weighted by Crippen LogP contribution is -3.16. The molecule has 0 bridgehead atoms. The highest BCUT2D eigenvalue weighted by Gasteiger charge is 2.28. The fourth-order valence-corrected chi connectivity index (χ4v) is 3.11. The van der Waals surface area contributed by atoms with Crippen molar-refractivity contribution in [3.63, 3.8) is 0 Å². The Labute approximate surface area is 104 Å². The summed E-state index contributed by atoms with van der Waals surface area (Å²) in [5, 5.41) is 3.16. The van der Waals surface area contributed by atoms with Crippen molar-refractivity contribution < 1.29 is 14.4 Å². The predicted octanol–water partition coefficient (Wildman–Crippen LogP) is -0.263. The third-order valence-electron chi connectivity index (χ3n) is 3.75. The number of morpholine rings is 1. The average molecular weight is 241 g/mol. The van der Waals surface area contributed by atoms with Crippen LogP contribution in [-0.2, 0) is 9.53 Å². The van der Waals surface area contributed by atoms with Crippen LogP contribution in [0.4, 0.5) is 0 Å². The minimum absolute atomic E-state index is 0.216. The Morgan fingerprint density at radius 2 is 1.82 bits per heavy atom. The van der Waals surface area contributed by atoms with Crippen LogP contribution in [0, 0.1) is 0 Å². The highest BCUT2D eigenvalue weighted by atomic mass is 16.5. The SMILES string of the molecule is C[C@@H]1C[NH+](CC(=O)NC2CCCC2)C[C@H](C)O1. The van der Waals surface area contributed by atoms with E-state index in [-0.39, 0.29) is 18.1 Å². The fourth-order valence-electron chi connectivity index (χ4n) is 3.11. The maximum absolute atomic E-state index is 11.9. The van der Waals surface area contributed by atoms with Crippen molar-refractivity contribution in [2.45, 2.75) is 57.8 Å². The molecule has 0 aromatic carbocycles. The van der Waals surface area contributed by atoms with E-state index >= 15 is 0 Å². The van der Waals surface area contributed by atoms with E-state index in [4.69, 9.17) is 4.74 Å². The molecule has 2 aliphatic rings. The topological polar surface area (TPSA) is 42.8 Å². The first-order chi connectivity index (χ1) is 8.13. The first kappa shape index (κ1) is 12.8. The van der Waals surface area contributed by atoms with Gasteiger partial charge in [0.05, 0.1) is 0 Å². The van der Waals surface area contributed by atoms with Gasteiger partial charge >= 0.3 is 0 Å². The van der Waals surface area contributed by atoms with Crippen molar-refractivity contribution >= 4 is 5.91 Å². The Hall–Kier alpha value is -0.610. The molecular formula is C13H25N2O2+. The van der Waals surface area contributed by atoms with E-state index in [1.54, 1.807) is 0 Å². The molecule has 0 aromatic heterocycles. The predicted molar refractivity (Wildman–Crippen MR) is 66.0 cm³/mol. The zero-order chi connectivity index (χ0) is 12.3. The standard InChI is InChI=1S/C13H24N2O2/c1-10-7-15(8-11(2)17-10)9-13(16)14-12-5-3-4-6-12/h10-12H,3-9H2,1-2H3,(H,14,16)/p+1/t10-,11+. The van der Waals surface area contributed by atoms with Gasteiger partial charge in [0.25, 0.3) is 5.91 Å². The number of rotatable bonds is 3. The summed E-state index contributed by atoms with van der Waals surface area (Å²) < 4.78 is 5.68. The number of hydrogen-bond acceptors (Lipinski definition) is 2. The number of nitrogens with one attached hydrogen (secondary N) is 2. The molecule has 1 aliphatic carbocycles. The van der Waals surface area contributed by atoms with Crippen molar-refractivity contribution in [1.82, 2.24) is 5.32 Å². The van der Waals surface area contributed by atoms with Gasteiger partial charge in [0.2, 0.25) is 0 Å². The van der Waals surface area contributed by atoms with Crippen LogP contribution in [0.25, 0.3) is 0 Å². The van der Waals surface area contributed by atoms with Gasteiger partial charge in [-0.3, -0.25) is 4.79 Å². The molecule has 17 heavy (non-hydrogen) atoms. The zero-order valence-corrected chi connectivity index (χ0v) is 11.0. The molecule has 1 saturated carbocycles. The maximum Gasteiger partial charge on any atom is 0.275 e. The number of hydrogen-bond donors (Lipinski definition) is 2. The Bertz CT molecular complexity index is 254. The van der Waals surface area contributed by atoms with Gasteiger partial charge in [-0.15, -0.1) is 0 Å². The quantitative estimate of drug-likeness (QED) is 0.715. The summed E-state index contributed by atoms with van der Waals surface area (Å²) >= 11 is 0. The van der Waals surface area contributed by atoms with Gasteiger partial charge in [0.1, 0.15) is 25.3 Å². The average Bonchev–Trinajstić information content (AvgIpc) is 2.67. The molecule has 0 spiro atoms. The minimum Gasteiger partial charge on any atom is -0.364 e. The Balaban J connectivity index is 1.73. The molecule has 2 rings (SSSR count). The smallest absolute Gasteiger partial charge is 0.275 e. The lowest BCUT2D eigenvalue weighted by Gasteiger charge is -2.32. The number of quaternary nitrogens is 1. The van der Waals surface area contributed by atoms with Gasteiger partial charge in [0.15, 0.2) is 6.54 Å². The molecular weight excluding hydrogens is 216 g/mol. The highest BCUT2D eigenvalue weighted by molar-refractivity contribution is 5.77. The molecule has 1 heterocycles. The Kier molecular flexibility index (Phi) is 4.40. The molecule has 3 atom stereocenters. The van der Waals surface area contributed by atoms with Crippen molar-refractivity contribution in [2.24, 2.45) is 0 Å². The fraction of sp³-hybridized carbons (Fsp3) is 0.923. The summed E-state index contributed by atoms with van der Waals surface area (Å²) in [6, 6.07) is 0.442. The summed E-state index contributed by atoms with van der Waals surface area (Å²) in [5.74, 6) is 0.216. The van der Waals surface area contributed by atoms with Crippen molar-refractivity contribution in [3.8, 4) is 0 Å². The molecule has 2 fully saturated rings. The first-order valence-corrected chi connectivity index (χ1v) is 6.92. The number of ether oxygens (including phenoxy) is 1. The molecule has 2 N–H and O–H groups in total.